The summed E-state index contributed by atoms with van der Waals surface area (Å²) in [7, 11) is 1.60. The van der Waals surface area contributed by atoms with Gasteiger partial charge in [0, 0.05) is 51.5 Å². The average Bonchev–Trinajstić information content (AvgIpc) is 2.89. The highest BCUT2D eigenvalue weighted by Gasteiger charge is 2.35. The number of piperazine rings is 1. The van der Waals surface area contributed by atoms with Crippen LogP contribution >= 0.6 is 11.6 Å². The number of ether oxygens (including phenoxy) is 1. The van der Waals surface area contributed by atoms with Crippen LogP contribution in [0, 0.1) is 11.3 Å². The molecule has 4 rings (SSSR count). The molecule has 0 radical (unpaired) electrons. The monoisotopic (exact) mass is 531 g/mol. The van der Waals surface area contributed by atoms with E-state index in [1.54, 1.807) is 19.3 Å². The van der Waals surface area contributed by atoms with Gasteiger partial charge in [0.25, 0.3) is 0 Å². The van der Waals surface area contributed by atoms with E-state index in [-0.39, 0.29) is 35.0 Å². The molecule has 1 fully saturated rings. The van der Waals surface area contributed by atoms with Crippen molar-refractivity contribution in [2.45, 2.75) is 6.18 Å². The van der Waals surface area contributed by atoms with Gasteiger partial charge in [-0.15, -0.1) is 0 Å². The summed E-state index contributed by atoms with van der Waals surface area (Å²) in [4.78, 5) is 12.7. The molecule has 2 aromatic heterocycles. The predicted molar refractivity (Wildman–Crippen MR) is 137 cm³/mol. The quantitative estimate of drug-likeness (QED) is 0.459. The van der Waals surface area contributed by atoms with Crippen molar-refractivity contribution >= 4 is 28.8 Å². The summed E-state index contributed by atoms with van der Waals surface area (Å²) in [5.41, 5.74) is 5.82. The molecule has 1 aliphatic rings. The van der Waals surface area contributed by atoms with E-state index in [4.69, 9.17) is 22.1 Å². The molecule has 0 aliphatic carbocycles. The van der Waals surface area contributed by atoms with Gasteiger partial charge in [-0.25, -0.2) is 9.97 Å². The Morgan fingerprint density at radius 1 is 1.16 bits per heavy atom. The molecule has 3 N–H and O–H groups in total. The number of nitrogens with zero attached hydrogens (tertiary/aromatic N) is 5. The molecule has 1 aromatic carbocycles. The van der Waals surface area contributed by atoms with Gasteiger partial charge < -0.3 is 20.7 Å². The van der Waals surface area contributed by atoms with E-state index in [1.165, 1.54) is 18.2 Å². The molecule has 0 spiro atoms. The predicted octanol–water partition coefficient (Wildman–Crippen LogP) is 4.51. The Bertz CT molecular complexity index is 1290. The van der Waals surface area contributed by atoms with Crippen LogP contribution < -0.4 is 20.7 Å². The average molecular weight is 532 g/mol. The van der Waals surface area contributed by atoms with E-state index in [2.05, 4.69) is 25.1 Å². The second kappa shape index (κ2) is 11.1. The first-order valence-electron chi connectivity index (χ1n) is 11.5. The Hall–Kier alpha value is -3.75. The zero-order valence-corrected chi connectivity index (χ0v) is 20.8. The fraction of sp³-hybridized carbons (Fsp3) is 0.320. The van der Waals surface area contributed by atoms with Crippen molar-refractivity contribution in [1.29, 1.82) is 5.26 Å². The standard InChI is InChI=1S/C25H25ClF3N7O/c1-32-20-13-19(34-21(14-30)24(20)31)16-2-4-22(18(12-16)25(27,28)29)37-11-10-35-6-8-36(9-7-35)23-5-3-17(26)15-33-23/h2-5,12-13,15H,6-11,31H2,1H3,(H,32,34). The fourth-order valence-corrected chi connectivity index (χ4v) is 4.18. The molecule has 1 saturated heterocycles. The van der Waals surface area contributed by atoms with Gasteiger partial charge in [0.1, 0.15) is 24.2 Å². The molecular weight excluding hydrogens is 507 g/mol. The summed E-state index contributed by atoms with van der Waals surface area (Å²) < 4.78 is 47.3. The molecule has 3 aromatic rings. The van der Waals surface area contributed by atoms with Gasteiger partial charge in [-0.1, -0.05) is 11.6 Å². The number of benzene rings is 1. The summed E-state index contributed by atoms with van der Waals surface area (Å²) in [5.74, 6) is 0.583. The smallest absolute Gasteiger partial charge is 0.419 e. The first kappa shape index (κ1) is 26.3. The van der Waals surface area contributed by atoms with Crippen LogP contribution in [-0.4, -0.2) is 61.2 Å². The lowest BCUT2D eigenvalue weighted by atomic mass is 10.0. The van der Waals surface area contributed by atoms with Crippen LogP contribution in [0.5, 0.6) is 5.75 Å². The van der Waals surface area contributed by atoms with Crippen molar-refractivity contribution in [2.75, 3.05) is 62.3 Å². The number of nitrogens with two attached hydrogens (primary N) is 1. The van der Waals surface area contributed by atoms with E-state index < -0.39 is 11.7 Å². The normalized spacial score (nSPS) is 14.3. The lowest BCUT2D eigenvalue weighted by Gasteiger charge is -2.35. The van der Waals surface area contributed by atoms with E-state index >= 15 is 0 Å². The molecule has 0 bridgehead atoms. The first-order valence-corrected chi connectivity index (χ1v) is 11.9. The van der Waals surface area contributed by atoms with Crippen LogP contribution in [-0.2, 0) is 6.18 Å². The van der Waals surface area contributed by atoms with Crippen LogP contribution in [0.25, 0.3) is 11.3 Å². The van der Waals surface area contributed by atoms with Crippen LogP contribution in [0.4, 0.5) is 30.4 Å². The minimum atomic E-state index is -4.64. The van der Waals surface area contributed by atoms with Gasteiger partial charge in [0.15, 0.2) is 5.69 Å². The van der Waals surface area contributed by atoms with Crippen molar-refractivity contribution < 1.29 is 17.9 Å². The summed E-state index contributed by atoms with van der Waals surface area (Å²) in [5, 5.41) is 12.7. The molecule has 0 unspecified atom stereocenters. The topological polar surface area (TPSA) is 103 Å². The first-order chi connectivity index (χ1) is 17.7. The summed E-state index contributed by atoms with van der Waals surface area (Å²) in [6.07, 6.45) is -3.04. The molecule has 194 valence electrons. The van der Waals surface area contributed by atoms with E-state index in [0.29, 0.717) is 17.3 Å². The zero-order valence-electron chi connectivity index (χ0n) is 20.0. The number of hydrogen-bond donors (Lipinski definition) is 2. The van der Waals surface area contributed by atoms with Crippen molar-refractivity contribution in [3.63, 3.8) is 0 Å². The molecule has 8 nitrogen and oxygen atoms in total. The number of hydrogen-bond acceptors (Lipinski definition) is 8. The minimum absolute atomic E-state index is 0.0670. The third-order valence-corrected chi connectivity index (χ3v) is 6.31. The number of nitriles is 1. The third kappa shape index (κ3) is 6.15. The Labute approximate surface area is 217 Å². The summed E-state index contributed by atoms with van der Waals surface area (Å²) in [6, 6.07) is 10.8. The number of halogens is 4. The molecule has 1 aliphatic heterocycles. The van der Waals surface area contributed by atoms with E-state index in [9.17, 15) is 18.4 Å². The van der Waals surface area contributed by atoms with Gasteiger partial charge in [0.2, 0.25) is 0 Å². The molecule has 0 saturated carbocycles. The molecule has 12 heteroatoms. The van der Waals surface area contributed by atoms with Crippen molar-refractivity contribution in [1.82, 2.24) is 14.9 Å². The van der Waals surface area contributed by atoms with Gasteiger partial charge in [-0.2, -0.15) is 18.4 Å². The lowest BCUT2D eigenvalue weighted by Crippen LogP contribution is -2.47. The Kier molecular flexibility index (Phi) is 7.90. The number of nitrogens with one attached hydrogen (secondary N) is 1. The van der Waals surface area contributed by atoms with Crippen molar-refractivity contribution in [3.8, 4) is 23.1 Å². The fourth-order valence-electron chi connectivity index (χ4n) is 4.07. The van der Waals surface area contributed by atoms with Crippen molar-refractivity contribution in [2.24, 2.45) is 0 Å². The number of pyridine rings is 2. The highest BCUT2D eigenvalue weighted by Crippen LogP contribution is 2.39. The van der Waals surface area contributed by atoms with E-state index in [0.717, 1.165) is 38.1 Å². The number of anilines is 3. The number of rotatable bonds is 7. The number of nitrogen functional groups attached to an aromatic ring is 1. The summed E-state index contributed by atoms with van der Waals surface area (Å²) in [6.45, 7) is 3.53. The molecule has 37 heavy (non-hydrogen) atoms. The van der Waals surface area contributed by atoms with Crippen LogP contribution in [0.15, 0.2) is 42.6 Å². The highest BCUT2D eigenvalue weighted by molar-refractivity contribution is 6.30. The largest absolute Gasteiger partial charge is 0.492 e. The SMILES string of the molecule is CNc1cc(-c2ccc(OCCN3CCN(c4ccc(Cl)cn4)CC3)c(C(F)(F)F)c2)nc(C#N)c1N. The van der Waals surface area contributed by atoms with Gasteiger partial charge in [-0.05, 0) is 36.4 Å². The zero-order chi connectivity index (χ0) is 26.6. The van der Waals surface area contributed by atoms with Gasteiger partial charge in [-0.3, -0.25) is 4.90 Å². The molecular formula is C25H25ClF3N7O. The third-order valence-electron chi connectivity index (χ3n) is 6.09. The highest BCUT2D eigenvalue weighted by atomic mass is 35.5. The van der Waals surface area contributed by atoms with Crippen LogP contribution in [0.2, 0.25) is 5.02 Å². The van der Waals surface area contributed by atoms with E-state index in [1.807, 2.05) is 12.1 Å². The second-order valence-corrected chi connectivity index (χ2v) is 8.84. The van der Waals surface area contributed by atoms with Gasteiger partial charge in [0.05, 0.1) is 27.7 Å². The molecule has 0 atom stereocenters. The lowest BCUT2D eigenvalue weighted by molar-refractivity contribution is -0.138. The Morgan fingerprint density at radius 3 is 2.54 bits per heavy atom. The van der Waals surface area contributed by atoms with Crippen LogP contribution in [0.3, 0.4) is 0 Å². The number of aromatic nitrogens is 2. The maximum atomic E-state index is 13.9. The molecule has 3 heterocycles. The van der Waals surface area contributed by atoms with Crippen molar-refractivity contribution in [3.05, 3.63) is 58.9 Å². The van der Waals surface area contributed by atoms with Crippen LogP contribution in [0.1, 0.15) is 11.3 Å². The Balaban J connectivity index is 1.42. The summed E-state index contributed by atoms with van der Waals surface area (Å²) >= 11 is 5.90. The number of alkyl halides is 3. The molecule has 0 amide bonds. The maximum absolute atomic E-state index is 13.9. The Morgan fingerprint density at radius 2 is 1.92 bits per heavy atom. The second-order valence-electron chi connectivity index (χ2n) is 8.40. The maximum Gasteiger partial charge on any atom is 0.419 e. The van der Waals surface area contributed by atoms with Gasteiger partial charge >= 0.3 is 6.18 Å². The minimum Gasteiger partial charge on any atom is -0.492 e.